The third-order valence-corrected chi connectivity index (χ3v) is 7.22. The zero-order chi connectivity index (χ0) is 22.5. The van der Waals surface area contributed by atoms with Gasteiger partial charge in [0.25, 0.3) is 5.91 Å². The first kappa shape index (κ1) is 26.7. The number of β-lactam (4-membered cyclic amide) rings is 1. The maximum atomic E-state index is 13.0. The zero-order valence-electron chi connectivity index (χ0n) is 16.9. The summed E-state index contributed by atoms with van der Waals surface area (Å²) in [6.07, 6.45) is 0. The second kappa shape index (κ2) is 12.1. The fourth-order valence-corrected chi connectivity index (χ4v) is 5.47. The van der Waals surface area contributed by atoms with Crippen molar-refractivity contribution in [1.29, 1.82) is 0 Å². The molecule has 1 fully saturated rings. The van der Waals surface area contributed by atoms with Gasteiger partial charge in [-0.05, 0) is 5.56 Å². The van der Waals surface area contributed by atoms with E-state index in [0.29, 0.717) is 11.5 Å². The molecule has 3 unspecified atom stereocenters. The van der Waals surface area contributed by atoms with Crippen molar-refractivity contribution >= 4 is 76.8 Å². The van der Waals surface area contributed by atoms with Crippen molar-refractivity contribution in [1.82, 2.24) is 10.2 Å². The van der Waals surface area contributed by atoms with E-state index in [-0.39, 0.29) is 53.5 Å². The first-order chi connectivity index (χ1) is 14.8. The van der Waals surface area contributed by atoms with E-state index in [1.165, 1.54) is 37.6 Å². The summed E-state index contributed by atoms with van der Waals surface area (Å²) in [5.41, 5.74) is 0.936. The summed E-state index contributed by atoms with van der Waals surface area (Å²) in [6.45, 7) is 1.03. The number of benzene rings is 1. The van der Waals surface area contributed by atoms with E-state index in [1.54, 1.807) is 0 Å². The second-order valence-electron chi connectivity index (χ2n) is 6.80. The van der Waals surface area contributed by atoms with Gasteiger partial charge in [-0.25, -0.2) is 4.79 Å². The quantitative estimate of drug-likeness (QED) is 0.223. The Bertz CT molecular complexity index is 912. The van der Waals surface area contributed by atoms with Crippen molar-refractivity contribution in [2.75, 3.05) is 25.4 Å². The van der Waals surface area contributed by atoms with Gasteiger partial charge >= 0.3 is 41.5 Å². The van der Waals surface area contributed by atoms with Crippen LogP contribution in [0.5, 0.6) is 0 Å². The van der Waals surface area contributed by atoms with Gasteiger partial charge in [-0.2, -0.15) is 0 Å². The molecule has 0 aromatic heterocycles. The van der Waals surface area contributed by atoms with Crippen LogP contribution in [0.1, 0.15) is 17.7 Å². The number of thioether (sulfide) groups is 2. The van der Waals surface area contributed by atoms with Gasteiger partial charge in [0.05, 0.1) is 5.94 Å². The predicted molar refractivity (Wildman–Crippen MR) is 122 cm³/mol. The molecule has 2 heterocycles. The van der Waals surface area contributed by atoms with Crippen LogP contribution in [0.2, 0.25) is 0 Å². The molecule has 12 heteroatoms. The Labute approximate surface area is 215 Å². The van der Waals surface area contributed by atoms with Gasteiger partial charge in [-0.15, -0.1) is 23.5 Å². The molecule has 32 heavy (non-hydrogen) atoms. The molecule has 2 aliphatic heterocycles. The number of carbonyl (C=O) groups excluding carboxylic acids is 3. The molecule has 0 aliphatic carbocycles. The number of carboxylic acid groups (broad SMARTS) is 1. The zero-order valence-corrected chi connectivity index (χ0v) is 18.5. The number of ether oxygens (including phenoxy) is 2. The molecule has 2 N–H and O–H groups in total. The van der Waals surface area contributed by atoms with E-state index in [0.717, 1.165) is 10.5 Å². The van der Waals surface area contributed by atoms with Crippen molar-refractivity contribution in [2.45, 2.75) is 23.6 Å². The topological polar surface area (TPSA) is 122 Å². The summed E-state index contributed by atoms with van der Waals surface area (Å²) < 4.78 is 10.0. The number of esters is 1. The molecule has 0 radical (unpaired) electrons. The number of nitrogens with one attached hydrogen (secondary N) is 1. The normalized spacial score (nSPS) is 20.4. The van der Waals surface area contributed by atoms with Crippen molar-refractivity contribution in [2.24, 2.45) is 0 Å². The molecule has 3 rings (SSSR count). The van der Waals surface area contributed by atoms with Crippen LogP contribution in [-0.4, -0.2) is 100 Å². The number of aliphatic carboxylic acids is 1. The standard InChI is InChI=1S/C20H22N2O7S2.Na.H/c1-11(23)29-8-13-9-30-19-14(18(25)22(19)15(13)20(26)27)21-17(24)16(31-10-28-2)12-6-4-3-5-7-12;;/h3-7,14,16,19H,8-10H2,1-2H3,(H,21,24)(H,26,27);;. The van der Waals surface area contributed by atoms with E-state index >= 15 is 0 Å². The van der Waals surface area contributed by atoms with Gasteiger partial charge in [0.15, 0.2) is 0 Å². The summed E-state index contributed by atoms with van der Waals surface area (Å²) in [6, 6.07) is 8.30. The summed E-state index contributed by atoms with van der Waals surface area (Å²) >= 11 is 2.61. The molecule has 0 bridgehead atoms. The van der Waals surface area contributed by atoms with Gasteiger partial charge < -0.3 is 19.9 Å². The Hall–Kier alpha value is -1.50. The number of hydrogen-bond acceptors (Lipinski definition) is 8. The number of carbonyl (C=O) groups is 4. The molecule has 1 aromatic carbocycles. The number of rotatable bonds is 9. The first-order valence-electron chi connectivity index (χ1n) is 9.34. The average molecular weight is 491 g/mol. The summed E-state index contributed by atoms with van der Waals surface area (Å²) in [5, 5.41) is 11.3. The van der Waals surface area contributed by atoms with Crippen molar-refractivity contribution in [3.05, 3.63) is 47.2 Å². The average Bonchev–Trinajstić information content (AvgIpc) is 2.76. The molecule has 3 atom stereocenters. The Kier molecular flexibility index (Phi) is 10.1. The fourth-order valence-electron chi connectivity index (χ4n) is 3.30. The van der Waals surface area contributed by atoms with Crippen LogP contribution in [0.3, 0.4) is 0 Å². The Morgan fingerprint density at radius 2 is 2.00 bits per heavy atom. The van der Waals surface area contributed by atoms with Gasteiger partial charge in [-0.1, -0.05) is 30.3 Å². The number of methoxy groups -OCH3 is 1. The van der Waals surface area contributed by atoms with E-state index in [9.17, 15) is 24.3 Å². The molecule has 0 saturated carbocycles. The summed E-state index contributed by atoms with van der Waals surface area (Å²) in [7, 11) is 1.53. The molecule has 2 aliphatic rings. The minimum absolute atomic E-state index is 0. The van der Waals surface area contributed by atoms with Gasteiger partial charge in [0, 0.05) is 25.4 Å². The molecule has 9 nitrogen and oxygen atoms in total. The molecule has 168 valence electrons. The number of hydrogen-bond donors (Lipinski definition) is 2. The minimum atomic E-state index is -1.27. The number of nitrogens with zero attached hydrogens (tertiary/aromatic N) is 1. The third-order valence-electron chi connectivity index (χ3n) is 4.69. The van der Waals surface area contributed by atoms with Crippen molar-refractivity contribution < 1.29 is 33.8 Å². The maximum absolute atomic E-state index is 13.0. The van der Waals surface area contributed by atoms with Crippen molar-refractivity contribution in [3.63, 3.8) is 0 Å². The van der Waals surface area contributed by atoms with Crippen LogP contribution in [0, 0.1) is 0 Å². The Morgan fingerprint density at radius 3 is 2.59 bits per heavy atom. The van der Waals surface area contributed by atoms with Crippen LogP contribution in [0.4, 0.5) is 0 Å². The molecule has 1 aromatic rings. The van der Waals surface area contributed by atoms with E-state index < -0.39 is 34.5 Å². The number of fused-ring (bicyclic) bond motifs is 1. The number of amides is 2. The fraction of sp³-hybridized carbons (Fsp3) is 0.400. The van der Waals surface area contributed by atoms with Crippen LogP contribution in [0.15, 0.2) is 41.6 Å². The molecular weight excluding hydrogens is 467 g/mol. The second-order valence-corrected chi connectivity index (χ2v) is 8.94. The Balaban J connectivity index is 0.00000363. The SMILES string of the molecule is COCSC(C(=O)NC1C(=O)N2C(C(=O)O)=C(COC(C)=O)CSC12)c1ccccc1.[NaH]. The van der Waals surface area contributed by atoms with E-state index in [2.05, 4.69) is 5.32 Å². The van der Waals surface area contributed by atoms with Crippen molar-refractivity contribution in [3.8, 4) is 0 Å². The number of carboxylic acids is 1. The van der Waals surface area contributed by atoms with Crippen LogP contribution in [-0.2, 0) is 28.7 Å². The van der Waals surface area contributed by atoms with Crippen LogP contribution >= 0.6 is 23.5 Å². The summed E-state index contributed by atoms with van der Waals surface area (Å²) in [4.78, 5) is 49.8. The third kappa shape index (κ3) is 5.89. The van der Waals surface area contributed by atoms with Crippen LogP contribution < -0.4 is 5.32 Å². The first-order valence-corrected chi connectivity index (χ1v) is 11.4. The molecule has 0 spiro atoms. The molecule has 1 saturated heterocycles. The summed E-state index contributed by atoms with van der Waals surface area (Å²) in [5.74, 6) is -2.10. The predicted octanol–water partition coefficient (Wildman–Crippen LogP) is 0.718. The molecule has 2 amide bonds. The molecular formula is C20H23N2NaO7S2. The van der Waals surface area contributed by atoms with E-state index in [1.807, 2.05) is 30.3 Å². The van der Waals surface area contributed by atoms with Gasteiger partial charge in [-0.3, -0.25) is 19.3 Å². The van der Waals surface area contributed by atoms with E-state index in [4.69, 9.17) is 9.47 Å². The Morgan fingerprint density at radius 1 is 1.31 bits per heavy atom. The monoisotopic (exact) mass is 490 g/mol. The van der Waals surface area contributed by atoms with Gasteiger partial charge in [0.2, 0.25) is 5.91 Å². The van der Waals surface area contributed by atoms with Gasteiger partial charge in [0.1, 0.15) is 29.0 Å². The van der Waals surface area contributed by atoms with Crippen LogP contribution in [0.25, 0.3) is 0 Å².